The Balaban J connectivity index is 1.56. The summed E-state index contributed by atoms with van der Waals surface area (Å²) in [6, 6.07) is 4.58. The van der Waals surface area contributed by atoms with Crippen LogP contribution >= 0.6 is 0 Å². The van der Waals surface area contributed by atoms with E-state index in [1.165, 1.54) is 37.8 Å². The van der Waals surface area contributed by atoms with Crippen molar-refractivity contribution >= 4 is 11.5 Å². The van der Waals surface area contributed by atoms with Gasteiger partial charge < -0.3 is 16.0 Å². The summed E-state index contributed by atoms with van der Waals surface area (Å²) in [5.41, 5.74) is 7.23. The lowest BCUT2D eigenvalue weighted by atomic mass is 9.89. The van der Waals surface area contributed by atoms with Gasteiger partial charge in [0.1, 0.15) is 5.82 Å². The second kappa shape index (κ2) is 6.44. The van der Waals surface area contributed by atoms with Gasteiger partial charge in [-0.25, -0.2) is 4.98 Å². The lowest BCUT2D eigenvalue weighted by Gasteiger charge is -2.23. The van der Waals surface area contributed by atoms with Crippen molar-refractivity contribution in [1.29, 1.82) is 0 Å². The number of nitrogens with zero attached hydrogens (tertiary/aromatic N) is 2. The summed E-state index contributed by atoms with van der Waals surface area (Å²) < 4.78 is 0. The van der Waals surface area contributed by atoms with Crippen molar-refractivity contribution in [3.8, 4) is 0 Å². The van der Waals surface area contributed by atoms with Gasteiger partial charge in [0, 0.05) is 43.6 Å². The van der Waals surface area contributed by atoms with Gasteiger partial charge in [-0.3, -0.25) is 0 Å². The molecule has 4 nitrogen and oxygen atoms in total. The molecule has 2 fully saturated rings. The molecule has 0 spiro atoms. The predicted octanol–water partition coefficient (Wildman–Crippen LogP) is 2.61. The van der Waals surface area contributed by atoms with Crippen LogP contribution in [0, 0.1) is 5.92 Å². The molecule has 20 heavy (non-hydrogen) atoms. The number of hydrogen-bond acceptors (Lipinski definition) is 4. The number of rotatable bonds is 4. The zero-order valence-electron chi connectivity index (χ0n) is 12.2. The topological polar surface area (TPSA) is 54.2 Å². The summed E-state index contributed by atoms with van der Waals surface area (Å²) in [4.78, 5) is 6.80. The zero-order valence-corrected chi connectivity index (χ0v) is 12.2. The van der Waals surface area contributed by atoms with Gasteiger partial charge in [-0.15, -0.1) is 0 Å². The summed E-state index contributed by atoms with van der Waals surface area (Å²) in [5, 5.41) is 3.52. The van der Waals surface area contributed by atoms with Crippen LogP contribution in [0.1, 0.15) is 38.5 Å². The van der Waals surface area contributed by atoms with Crippen LogP contribution in [0.4, 0.5) is 11.5 Å². The molecule has 2 aliphatic rings. The number of nitrogens with two attached hydrogens (primary N) is 1. The molecule has 0 aromatic carbocycles. The summed E-state index contributed by atoms with van der Waals surface area (Å²) in [7, 11) is 0. The first kappa shape index (κ1) is 13.7. The molecule has 4 heteroatoms. The van der Waals surface area contributed by atoms with Crippen molar-refractivity contribution in [2.24, 2.45) is 11.7 Å². The first-order valence-corrected chi connectivity index (χ1v) is 8.02. The predicted molar refractivity (Wildman–Crippen MR) is 84.1 cm³/mol. The van der Waals surface area contributed by atoms with Gasteiger partial charge >= 0.3 is 0 Å². The second-order valence-corrected chi connectivity index (χ2v) is 6.28. The van der Waals surface area contributed by atoms with Gasteiger partial charge in [0.25, 0.3) is 0 Å². The number of anilines is 2. The van der Waals surface area contributed by atoms with Crippen LogP contribution in [0.5, 0.6) is 0 Å². The maximum atomic E-state index is 5.98. The Labute approximate surface area is 121 Å². The fraction of sp³-hybridized carbons (Fsp3) is 0.688. The van der Waals surface area contributed by atoms with Crippen LogP contribution in [0.3, 0.4) is 0 Å². The van der Waals surface area contributed by atoms with Gasteiger partial charge in [0.05, 0.1) is 0 Å². The maximum Gasteiger partial charge on any atom is 0.127 e. The minimum absolute atomic E-state index is 0.321. The van der Waals surface area contributed by atoms with Crippen molar-refractivity contribution in [3.63, 3.8) is 0 Å². The van der Waals surface area contributed by atoms with E-state index in [4.69, 9.17) is 5.73 Å². The maximum absolute atomic E-state index is 5.98. The molecule has 1 aromatic heterocycles. The van der Waals surface area contributed by atoms with E-state index in [9.17, 15) is 0 Å². The van der Waals surface area contributed by atoms with Gasteiger partial charge in [-0.05, 0) is 31.2 Å². The molecule has 0 unspecified atom stereocenters. The monoisotopic (exact) mass is 274 g/mol. The molecule has 2 heterocycles. The molecular formula is C16H26N4. The molecule has 0 bridgehead atoms. The van der Waals surface area contributed by atoms with E-state index in [2.05, 4.69) is 27.3 Å². The molecule has 1 saturated heterocycles. The Bertz CT molecular complexity index is 428. The van der Waals surface area contributed by atoms with E-state index >= 15 is 0 Å². The van der Waals surface area contributed by atoms with Crippen LogP contribution in [0.2, 0.25) is 0 Å². The van der Waals surface area contributed by atoms with Crippen LogP contribution in [0.15, 0.2) is 18.3 Å². The third-order valence-corrected chi connectivity index (χ3v) is 4.63. The molecule has 0 radical (unpaired) electrons. The first-order valence-electron chi connectivity index (χ1n) is 8.02. The van der Waals surface area contributed by atoms with Gasteiger partial charge in [0.15, 0.2) is 0 Å². The average Bonchev–Trinajstić information content (AvgIpc) is 2.93. The lowest BCUT2D eigenvalue weighted by molar-refractivity contribution is 0.373. The van der Waals surface area contributed by atoms with E-state index in [1.54, 1.807) is 0 Å². The Morgan fingerprint density at radius 2 is 2.10 bits per heavy atom. The summed E-state index contributed by atoms with van der Waals surface area (Å²) in [6.07, 6.45) is 9.94. The Kier molecular flexibility index (Phi) is 4.41. The molecule has 3 rings (SSSR count). The minimum Gasteiger partial charge on any atom is -0.370 e. The third kappa shape index (κ3) is 3.42. The average molecular weight is 274 g/mol. The number of pyridine rings is 1. The molecule has 110 valence electrons. The fourth-order valence-corrected chi connectivity index (χ4v) is 3.37. The van der Waals surface area contributed by atoms with Crippen molar-refractivity contribution in [3.05, 3.63) is 18.3 Å². The van der Waals surface area contributed by atoms with E-state index < -0.39 is 0 Å². The van der Waals surface area contributed by atoms with E-state index in [-0.39, 0.29) is 0 Å². The second-order valence-electron chi connectivity index (χ2n) is 6.28. The number of aromatic nitrogens is 1. The number of hydrogen-bond donors (Lipinski definition) is 2. The molecule has 0 amide bonds. The zero-order chi connectivity index (χ0) is 13.8. The SMILES string of the molecule is N[C@@H]1CCN(c2ccnc(NCC3CCCCC3)c2)C1. The first-order chi connectivity index (χ1) is 9.81. The Morgan fingerprint density at radius 3 is 2.85 bits per heavy atom. The van der Waals surface area contributed by atoms with Crippen LogP contribution in [-0.2, 0) is 0 Å². The highest BCUT2D eigenvalue weighted by molar-refractivity contribution is 5.54. The van der Waals surface area contributed by atoms with Crippen LogP contribution in [0.25, 0.3) is 0 Å². The van der Waals surface area contributed by atoms with E-state index in [0.29, 0.717) is 6.04 Å². The molecular weight excluding hydrogens is 248 g/mol. The summed E-state index contributed by atoms with van der Waals surface area (Å²) in [5.74, 6) is 1.84. The van der Waals surface area contributed by atoms with Crippen LogP contribution in [-0.4, -0.2) is 30.7 Å². The van der Waals surface area contributed by atoms with Crippen molar-refractivity contribution < 1.29 is 0 Å². The largest absolute Gasteiger partial charge is 0.370 e. The van der Waals surface area contributed by atoms with Gasteiger partial charge in [0.2, 0.25) is 0 Å². The lowest BCUT2D eigenvalue weighted by Crippen LogP contribution is -2.26. The van der Waals surface area contributed by atoms with Crippen LogP contribution < -0.4 is 16.0 Å². The number of nitrogens with one attached hydrogen (secondary N) is 1. The van der Waals surface area contributed by atoms with Gasteiger partial charge in [-0.2, -0.15) is 0 Å². The molecule has 1 aromatic rings. The third-order valence-electron chi connectivity index (χ3n) is 4.63. The van der Waals surface area contributed by atoms with Crippen molar-refractivity contribution in [2.75, 3.05) is 29.9 Å². The molecule has 1 aliphatic heterocycles. The molecule has 1 aliphatic carbocycles. The summed E-state index contributed by atoms with van der Waals surface area (Å²) >= 11 is 0. The highest BCUT2D eigenvalue weighted by Crippen LogP contribution is 2.25. The quantitative estimate of drug-likeness (QED) is 0.886. The Morgan fingerprint density at radius 1 is 1.25 bits per heavy atom. The normalized spacial score (nSPS) is 24.1. The highest BCUT2D eigenvalue weighted by Gasteiger charge is 2.19. The smallest absolute Gasteiger partial charge is 0.127 e. The van der Waals surface area contributed by atoms with E-state index in [1.807, 2.05) is 6.20 Å². The van der Waals surface area contributed by atoms with Crippen molar-refractivity contribution in [2.45, 2.75) is 44.6 Å². The molecule has 1 saturated carbocycles. The Hall–Kier alpha value is -1.29. The highest BCUT2D eigenvalue weighted by atomic mass is 15.2. The fourth-order valence-electron chi connectivity index (χ4n) is 3.37. The standard InChI is InChI=1S/C16H26N4/c17-14-7-9-20(12-14)15-6-8-18-16(10-15)19-11-13-4-2-1-3-5-13/h6,8,10,13-14H,1-5,7,9,11-12,17H2,(H,18,19)/t14-/m1/s1. The molecule has 3 N–H and O–H groups in total. The van der Waals surface area contributed by atoms with Crippen molar-refractivity contribution in [1.82, 2.24) is 4.98 Å². The molecule has 1 atom stereocenters. The minimum atomic E-state index is 0.321. The van der Waals surface area contributed by atoms with E-state index in [0.717, 1.165) is 37.8 Å². The summed E-state index contributed by atoms with van der Waals surface area (Å²) in [6.45, 7) is 3.09. The van der Waals surface area contributed by atoms with Gasteiger partial charge in [-0.1, -0.05) is 19.3 Å².